The Morgan fingerprint density at radius 1 is 1.38 bits per heavy atom. The van der Waals surface area contributed by atoms with E-state index in [-0.39, 0.29) is 23.5 Å². The Labute approximate surface area is 123 Å². The fourth-order valence-corrected chi connectivity index (χ4v) is 2.81. The van der Waals surface area contributed by atoms with Crippen molar-refractivity contribution in [3.05, 3.63) is 26.9 Å². The van der Waals surface area contributed by atoms with Crippen LogP contribution in [0.4, 0.5) is 11.5 Å². The van der Waals surface area contributed by atoms with Crippen LogP contribution in [0.5, 0.6) is 0 Å². The molecule has 1 fully saturated rings. The molecule has 0 aromatic carbocycles. The summed E-state index contributed by atoms with van der Waals surface area (Å²) < 4.78 is 5.67. The lowest BCUT2D eigenvalue weighted by molar-refractivity contribution is -0.386. The van der Waals surface area contributed by atoms with E-state index in [4.69, 9.17) is 4.74 Å². The van der Waals surface area contributed by atoms with Crippen molar-refractivity contribution in [1.82, 2.24) is 4.98 Å². The standard InChI is InChI=1S/C14H18N4O3/c1-8-6-17(7-9(2)21-8)14-12(5-15)10(3)13(18(19)20)11(4)16-14/h8-9H,6-7H2,1-4H3/t8-,9-/m1/s1. The zero-order chi connectivity index (χ0) is 15.7. The molecule has 112 valence electrons. The van der Waals surface area contributed by atoms with E-state index in [9.17, 15) is 15.4 Å². The van der Waals surface area contributed by atoms with Gasteiger partial charge in [-0.1, -0.05) is 0 Å². The van der Waals surface area contributed by atoms with Crippen molar-refractivity contribution in [2.45, 2.75) is 39.9 Å². The molecule has 0 saturated carbocycles. The second-order valence-electron chi connectivity index (χ2n) is 5.40. The van der Waals surface area contributed by atoms with Gasteiger partial charge < -0.3 is 9.64 Å². The quantitative estimate of drug-likeness (QED) is 0.611. The third-order valence-corrected chi connectivity index (χ3v) is 3.58. The molecule has 7 nitrogen and oxygen atoms in total. The Kier molecular flexibility index (Phi) is 4.09. The molecule has 0 radical (unpaired) electrons. The van der Waals surface area contributed by atoms with Crippen LogP contribution in [-0.4, -0.2) is 35.2 Å². The Bertz CT molecular complexity index is 614. The van der Waals surface area contributed by atoms with E-state index in [1.807, 2.05) is 18.7 Å². The van der Waals surface area contributed by atoms with Crippen molar-refractivity contribution in [3.63, 3.8) is 0 Å². The topological polar surface area (TPSA) is 92.3 Å². The fraction of sp³-hybridized carbons (Fsp3) is 0.571. The molecule has 21 heavy (non-hydrogen) atoms. The predicted octanol–water partition coefficient (Wildman–Crippen LogP) is 2.09. The fourth-order valence-electron chi connectivity index (χ4n) is 2.81. The van der Waals surface area contributed by atoms with E-state index < -0.39 is 4.92 Å². The van der Waals surface area contributed by atoms with Crippen molar-refractivity contribution in [2.24, 2.45) is 0 Å². The van der Waals surface area contributed by atoms with Crippen LogP contribution in [0.2, 0.25) is 0 Å². The summed E-state index contributed by atoms with van der Waals surface area (Å²) in [4.78, 5) is 16.9. The number of hydrogen-bond donors (Lipinski definition) is 0. The van der Waals surface area contributed by atoms with Crippen LogP contribution < -0.4 is 4.90 Å². The second-order valence-corrected chi connectivity index (χ2v) is 5.40. The van der Waals surface area contributed by atoms with Crippen molar-refractivity contribution in [1.29, 1.82) is 5.26 Å². The zero-order valence-electron chi connectivity index (χ0n) is 12.6. The number of morpholine rings is 1. The molecule has 0 unspecified atom stereocenters. The molecule has 0 amide bonds. The molecule has 0 N–H and O–H groups in total. The van der Waals surface area contributed by atoms with Crippen LogP contribution in [-0.2, 0) is 4.74 Å². The highest BCUT2D eigenvalue weighted by molar-refractivity contribution is 5.65. The largest absolute Gasteiger partial charge is 0.372 e. The summed E-state index contributed by atoms with van der Waals surface area (Å²) in [5.41, 5.74) is 0.897. The van der Waals surface area contributed by atoms with Crippen LogP contribution in [0.3, 0.4) is 0 Å². The van der Waals surface area contributed by atoms with E-state index in [0.29, 0.717) is 30.2 Å². The highest BCUT2D eigenvalue weighted by atomic mass is 16.6. The molecule has 0 spiro atoms. The predicted molar refractivity (Wildman–Crippen MR) is 77.3 cm³/mol. The zero-order valence-corrected chi connectivity index (χ0v) is 12.6. The molecular weight excluding hydrogens is 272 g/mol. The average Bonchev–Trinajstić information content (AvgIpc) is 2.36. The van der Waals surface area contributed by atoms with Gasteiger partial charge in [-0.15, -0.1) is 0 Å². The number of nitriles is 1. The van der Waals surface area contributed by atoms with Crippen LogP contribution in [0.1, 0.15) is 30.7 Å². The van der Waals surface area contributed by atoms with Crippen LogP contribution in [0.25, 0.3) is 0 Å². The lowest BCUT2D eigenvalue weighted by atomic mass is 10.1. The molecule has 0 bridgehead atoms. The number of nitrogens with zero attached hydrogens (tertiary/aromatic N) is 4. The monoisotopic (exact) mass is 290 g/mol. The maximum Gasteiger partial charge on any atom is 0.294 e. The Morgan fingerprint density at radius 2 is 1.95 bits per heavy atom. The molecule has 1 aliphatic heterocycles. The molecule has 0 aliphatic carbocycles. The molecule has 1 aliphatic rings. The highest BCUT2D eigenvalue weighted by Crippen LogP contribution is 2.31. The Balaban J connectivity index is 2.55. The van der Waals surface area contributed by atoms with Gasteiger partial charge in [-0.2, -0.15) is 5.26 Å². The lowest BCUT2D eigenvalue weighted by Gasteiger charge is -2.36. The van der Waals surface area contributed by atoms with Gasteiger partial charge in [-0.25, -0.2) is 4.98 Å². The first kappa shape index (κ1) is 15.2. The average molecular weight is 290 g/mol. The van der Waals surface area contributed by atoms with Gasteiger partial charge in [0, 0.05) is 13.1 Å². The van der Waals surface area contributed by atoms with Gasteiger partial charge in [0.05, 0.1) is 22.7 Å². The molecule has 1 aromatic rings. The third kappa shape index (κ3) is 2.81. The normalized spacial score (nSPS) is 22.0. The second kappa shape index (κ2) is 5.66. The van der Waals surface area contributed by atoms with Crippen LogP contribution in [0.15, 0.2) is 0 Å². The smallest absolute Gasteiger partial charge is 0.294 e. The number of ether oxygens (including phenoxy) is 1. The minimum atomic E-state index is -0.479. The number of hydrogen-bond acceptors (Lipinski definition) is 6. The Hall–Kier alpha value is -2.20. The Morgan fingerprint density at radius 3 is 2.43 bits per heavy atom. The molecule has 2 atom stereocenters. The van der Waals surface area contributed by atoms with Gasteiger partial charge in [-0.05, 0) is 27.7 Å². The first-order valence-electron chi connectivity index (χ1n) is 6.81. The van der Waals surface area contributed by atoms with Gasteiger partial charge >= 0.3 is 0 Å². The van der Waals surface area contributed by atoms with Crippen molar-refractivity contribution >= 4 is 11.5 Å². The summed E-state index contributed by atoms with van der Waals surface area (Å²) in [6, 6.07) is 2.06. The molecular formula is C14H18N4O3. The number of rotatable bonds is 2. The molecule has 2 heterocycles. The minimum absolute atomic E-state index is 0.0258. The van der Waals surface area contributed by atoms with E-state index in [1.54, 1.807) is 13.8 Å². The number of anilines is 1. The summed E-state index contributed by atoms with van der Waals surface area (Å²) in [6.07, 6.45) is 0.0517. The van der Waals surface area contributed by atoms with E-state index in [2.05, 4.69) is 11.1 Å². The summed E-state index contributed by atoms with van der Waals surface area (Å²) in [6.45, 7) is 8.34. The van der Waals surface area contributed by atoms with Crippen molar-refractivity contribution in [2.75, 3.05) is 18.0 Å². The van der Waals surface area contributed by atoms with Gasteiger partial charge in [0.25, 0.3) is 5.69 Å². The van der Waals surface area contributed by atoms with Gasteiger partial charge in [0.1, 0.15) is 23.1 Å². The number of nitro groups is 1. The lowest BCUT2D eigenvalue weighted by Crippen LogP contribution is -2.46. The van der Waals surface area contributed by atoms with E-state index >= 15 is 0 Å². The molecule has 1 aromatic heterocycles. The molecule has 2 rings (SSSR count). The summed E-state index contributed by atoms with van der Waals surface area (Å²) in [7, 11) is 0. The minimum Gasteiger partial charge on any atom is -0.372 e. The molecule has 7 heteroatoms. The summed E-state index contributed by atoms with van der Waals surface area (Å²) in [5.74, 6) is 0.514. The SMILES string of the molecule is Cc1nc(N2C[C@@H](C)O[C@H](C)C2)c(C#N)c(C)c1[N+](=O)[O-]. The maximum absolute atomic E-state index is 11.1. The number of aromatic nitrogens is 1. The first-order valence-corrected chi connectivity index (χ1v) is 6.81. The van der Waals surface area contributed by atoms with Gasteiger partial charge in [0.2, 0.25) is 0 Å². The van der Waals surface area contributed by atoms with Crippen LogP contribution in [0, 0.1) is 35.3 Å². The third-order valence-electron chi connectivity index (χ3n) is 3.58. The van der Waals surface area contributed by atoms with E-state index in [1.165, 1.54) is 0 Å². The van der Waals surface area contributed by atoms with E-state index in [0.717, 1.165) is 0 Å². The first-order chi connectivity index (χ1) is 9.85. The number of pyridine rings is 1. The number of aryl methyl sites for hydroxylation is 1. The van der Waals surface area contributed by atoms with Crippen molar-refractivity contribution < 1.29 is 9.66 Å². The van der Waals surface area contributed by atoms with Crippen molar-refractivity contribution in [3.8, 4) is 6.07 Å². The molecule has 1 saturated heterocycles. The maximum atomic E-state index is 11.1. The highest BCUT2D eigenvalue weighted by Gasteiger charge is 2.29. The van der Waals surface area contributed by atoms with Gasteiger partial charge in [0.15, 0.2) is 0 Å². The summed E-state index contributed by atoms with van der Waals surface area (Å²) >= 11 is 0. The summed E-state index contributed by atoms with van der Waals surface area (Å²) in [5, 5.41) is 20.5. The van der Waals surface area contributed by atoms with Gasteiger partial charge in [-0.3, -0.25) is 10.1 Å². The van der Waals surface area contributed by atoms with Crippen LogP contribution >= 0.6 is 0 Å².